The zero-order chi connectivity index (χ0) is 21.0. The molecule has 2 aromatic rings. The second kappa shape index (κ2) is 9.24. The second-order valence-corrected chi connectivity index (χ2v) is 8.33. The molecule has 1 amide bonds. The third-order valence-electron chi connectivity index (χ3n) is 4.51. The lowest BCUT2D eigenvalue weighted by Crippen LogP contribution is -2.43. The van der Waals surface area contributed by atoms with Gasteiger partial charge in [-0.3, -0.25) is 9.69 Å². The zero-order valence-corrected chi connectivity index (χ0v) is 17.8. The van der Waals surface area contributed by atoms with Gasteiger partial charge in [0, 0.05) is 0 Å². The van der Waals surface area contributed by atoms with E-state index in [1.807, 2.05) is 55.5 Å². The monoisotopic (exact) mass is 427 g/mol. The van der Waals surface area contributed by atoms with E-state index in [1.54, 1.807) is 13.0 Å². The Kier molecular flexibility index (Phi) is 6.71. The van der Waals surface area contributed by atoms with Gasteiger partial charge in [0.05, 0.1) is 4.91 Å². The Morgan fingerprint density at radius 1 is 1.21 bits per heavy atom. The molecule has 150 valence electrons. The van der Waals surface area contributed by atoms with Crippen molar-refractivity contribution in [3.05, 3.63) is 70.1 Å². The number of hydrogen-bond acceptors (Lipinski definition) is 5. The minimum Gasteiger partial charge on any atom is -0.489 e. The number of carboxylic acid groups (broad SMARTS) is 1. The SMILES string of the molecule is CCC(C(=O)O)N1C(=O)C(=Cc2ccc(OCc3ccc(C)cc3)cc2)SC1=S. The summed E-state index contributed by atoms with van der Waals surface area (Å²) in [5.74, 6) is -0.693. The molecule has 1 heterocycles. The number of carboxylic acids is 1. The molecule has 1 aliphatic rings. The first-order valence-corrected chi connectivity index (χ1v) is 10.4. The minimum atomic E-state index is -1.06. The van der Waals surface area contributed by atoms with Crippen LogP contribution in [0, 0.1) is 6.92 Å². The lowest BCUT2D eigenvalue weighted by atomic mass is 10.1. The summed E-state index contributed by atoms with van der Waals surface area (Å²) in [6, 6.07) is 14.6. The van der Waals surface area contributed by atoms with Gasteiger partial charge in [-0.25, -0.2) is 4.79 Å². The molecule has 3 rings (SSSR count). The van der Waals surface area contributed by atoms with Crippen LogP contribution >= 0.6 is 24.0 Å². The number of rotatable bonds is 7. The number of hydrogen-bond donors (Lipinski definition) is 1. The molecule has 1 N–H and O–H groups in total. The van der Waals surface area contributed by atoms with Crippen molar-refractivity contribution in [1.29, 1.82) is 0 Å². The van der Waals surface area contributed by atoms with E-state index in [4.69, 9.17) is 17.0 Å². The van der Waals surface area contributed by atoms with Gasteiger partial charge in [0.1, 0.15) is 22.7 Å². The lowest BCUT2D eigenvalue weighted by Gasteiger charge is -2.21. The number of carbonyl (C=O) groups excluding carboxylic acids is 1. The van der Waals surface area contributed by atoms with E-state index < -0.39 is 12.0 Å². The number of aliphatic carboxylic acids is 1. The first kappa shape index (κ1) is 21.1. The van der Waals surface area contributed by atoms with Crippen molar-refractivity contribution in [3.8, 4) is 5.75 Å². The van der Waals surface area contributed by atoms with Crippen LogP contribution in [-0.4, -0.2) is 32.2 Å². The van der Waals surface area contributed by atoms with E-state index in [0.717, 1.165) is 28.6 Å². The van der Waals surface area contributed by atoms with Gasteiger partial charge < -0.3 is 9.84 Å². The summed E-state index contributed by atoms with van der Waals surface area (Å²) in [5, 5.41) is 9.33. The van der Waals surface area contributed by atoms with Crippen LogP contribution in [0.1, 0.15) is 30.0 Å². The van der Waals surface area contributed by atoms with E-state index in [1.165, 1.54) is 10.5 Å². The Morgan fingerprint density at radius 3 is 2.45 bits per heavy atom. The third kappa shape index (κ3) is 5.05. The van der Waals surface area contributed by atoms with Crippen LogP contribution in [0.15, 0.2) is 53.4 Å². The quantitative estimate of drug-likeness (QED) is 0.513. The van der Waals surface area contributed by atoms with Crippen LogP contribution in [-0.2, 0) is 16.2 Å². The van der Waals surface area contributed by atoms with E-state index in [2.05, 4.69) is 0 Å². The average molecular weight is 428 g/mol. The van der Waals surface area contributed by atoms with Crippen LogP contribution < -0.4 is 4.74 Å². The molecule has 0 saturated carbocycles. The highest BCUT2D eigenvalue weighted by molar-refractivity contribution is 8.26. The molecule has 7 heteroatoms. The maximum absolute atomic E-state index is 12.6. The summed E-state index contributed by atoms with van der Waals surface area (Å²) in [6.07, 6.45) is 2.01. The highest BCUT2D eigenvalue weighted by Gasteiger charge is 2.39. The Labute approximate surface area is 179 Å². The summed E-state index contributed by atoms with van der Waals surface area (Å²) in [5.41, 5.74) is 3.11. The van der Waals surface area contributed by atoms with Crippen molar-refractivity contribution in [2.45, 2.75) is 32.9 Å². The topological polar surface area (TPSA) is 66.8 Å². The van der Waals surface area contributed by atoms with Gasteiger partial charge in [-0.15, -0.1) is 0 Å². The summed E-state index contributed by atoms with van der Waals surface area (Å²) in [4.78, 5) is 25.6. The van der Waals surface area contributed by atoms with Crippen molar-refractivity contribution < 1.29 is 19.4 Å². The highest BCUT2D eigenvalue weighted by atomic mass is 32.2. The summed E-state index contributed by atoms with van der Waals surface area (Å²) in [7, 11) is 0. The van der Waals surface area contributed by atoms with Crippen molar-refractivity contribution in [1.82, 2.24) is 4.90 Å². The van der Waals surface area contributed by atoms with Gasteiger partial charge in [-0.1, -0.05) is 72.9 Å². The predicted octanol–water partition coefficient (Wildman–Crippen LogP) is 4.64. The van der Waals surface area contributed by atoms with E-state index in [0.29, 0.717) is 17.9 Å². The van der Waals surface area contributed by atoms with E-state index >= 15 is 0 Å². The number of ether oxygens (including phenoxy) is 1. The molecule has 0 aromatic heterocycles. The van der Waals surface area contributed by atoms with Gasteiger partial charge in [0.25, 0.3) is 5.91 Å². The number of nitrogens with zero attached hydrogens (tertiary/aromatic N) is 1. The molecule has 1 atom stereocenters. The number of aryl methyl sites for hydroxylation is 1. The number of thiocarbonyl (C=S) groups is 1. The van der Waals surface area contributed by atoms with Crippen LogP contribution in [0.3, 0.4) is 0 Å². The fraction of sp³-hybridized carbons (Fsp3) is 0.227. The zero-order valence-electron chi connectivity index (χ0n) is 16.1. The molecule has 1 aliphatic heterocycles. The third-order valence-corrected chi connectivity index (χ3v) is 5.84. The summed E-state index contributed by atoms with van der Waals surface area (Å²) < 4.78 is 6.07. The Bertz CT molecular complexity index is 952. The van der Waals surface area contributed by atoms with Gasteiger partial charge in [0.2, 0.25) is 0 Å². The predicted molar refractivity (Wildman–Crippen MR) is 119 cm³/mol. The van der Waals surface area contributed by atoms with Gasteiger partial charge in [-0.2, -0.15) is 0 Å². The normalized spacial score (nSPS) is 16.3. The Hall–Kier alpha value is -2.64. The molecule has 1 fully saturated rings. The number of carbonyl (C=O) groups is 2. The molecular weight excluding hydrogens is 406 g/mol. The molecule has 0 aliphatic carbocycles. The fourth-order valence-corrected chi connectivity index (χ4v) is 4.24. The molecule has 2 aromatic carbocycles. The second-order valence-electron chi connectivity index (χ2n) is 6.66. The maximum atomic E-state index is 12.6. The summed E-state index contributed by atoms with van der Waals surface area (Å²) >= 11 is 6.35. The maximum Gasteiger partial charge on any atom is 0.326 e. The molecule has 1 unspecified atom stereocenters. The standard InChI is InChI=1S/C22H21NO4S2/c1-3-18(21(25)26)23-20(24)19(29-22(23)28)12-15-8-10-17(11-9-15)27-13-16-6-4-14(2)5-7-16/h4-12,18H,3,13H2,1-2H3,(H,25,26). The first-order chi connectivity index (χ1) is 13.9. The highest BCUT2D eigenvalue weighted by Crippen LogP contribution is 2.34. The molecule has 29 heavy (non-hydrogen) atoms. The fourth-order valence-electron chi connectivity index (χ4n) is 2.88. The van der Waals surface area contributed by atoms with Gasteiger partial charge >= 0.3 is 5.97 Å². The van der Waals surface area contributed by atoms with Gasteiger partial charge in [-0.05, 0) is 42.7 Å². The molecular formula is C22H21NO4S2. The van der Waals surface area contributed by atoms with E-state index in [9.17, 15) is 14.7 Å². The number of thioether (sulfide) groups is 1. The molecule has 1 saturated heterocycles. The number of benzene rings is 2. The van der Waals surface area contributed by atoms with Crippen molar-refractivity contribution in [2.75, 3.05) is 0 Å². The van der Waals surface area contributed by atoms with Crippen LogP contribution in [0.4, 0.5) is 0 Å². The minimum absolute atomic E-state index is 0.272. The van der Waals surface area contributed by atoms with Crippen molar-refractivity contribution in [2.24, 2.45) is 0 Å². The molecule has 0 spiro atoms. The molecule has 0 bridgehead atoms. The van der Waals surface area contributed by atoms with Crippen molar-refractivity contribution in [3.63, 3.8) is 0 Å². The smallest absolute Gasteiger partial charge is 0.326 e. The lowest BCUT2D eigenvalue weighted by molar-refractivity contribution is -0.145. The number of amides is 1. The largest absolute Gasteiger partial charge is 0.489 e. The Morgan fingerprint density at radius 2 is 1.86 bits per heavy atom. The van der Waals surface area contributed by atoms with Crippen LogP contribution in [0.25, 0.3) is 6.08 Å². The molecule has 0 radical (unpaired) electrons. The molecule has 5 nitrogen and oxygen atoms in total. The summed E-state index contributed by atoms with van der Waals surface area (Å²) in [6.45, 7) is 4.24. The van der Waals surface area contributed by atoms with Gasteiger partial charge in [0.15, 0.2) is 0 Å². The van der Waals surface area contributed by atoms with Crippen LogP contribution in [0.5, 0.6) is 5.75 Å². The van der Waals surface area contributed by atoms with Crippen molar-refractivity contribution >= 4 is 46.3 Å². The average Bonchev–Trinajstić information content (AvgIpc) is 2.97. The first-order valence-electron chi connectivity index (χ1n) is 9.17. The van der Waals surface area contributed by atoms with Crippen LogP contribution in [0.2, 0.25) is 0 Å². The van der Waals surface area contributed by atoms with E-state index in [-0.39, 0.29) is 10.2 Å². The Balaban J connectivity index is 1.67.